The van der Waals surface area contributed by atoms with Crippen LogP contribution in [-0.2, 0) is 0 Å². The first-order valence-electron chi connectivity index (χ1n) is 13.1. The van der Waals surface area contributed by atoms with E-state index in [1.165, 1.54) is 18.3 Å². The van der Waals surface area contributed by atoms with Gasteiger partial charge in [0.15, 0.2) is 5.65 Å². The number of carboxylic acids is 1. The topological polar surface area (TPSA) is 101 Å². The molecule has 0 bridgehead atoms. The number of aromatic carboxylic acids is 1. The largest absolute Gasteiger partial charge is 0.478 e. The second-order valence-electron chi connectivity index (χ2n) is 10.3. The van der Waals surface area contributed by atoms with Crippen molar-refractivity contribution in [2.24, 2.45) is 0 Å². The van der Waals surface area contributed by atoms with E-state index in [0.717, 1.165) is 50.8 Å². The normalized spacial score (nSPS) is 17.9. The third kappa shape index (κ3) is 4.53. The zero-order valence-corrected chi connectivity index (χ0v) is 21.1. The van der Waals surface area contributed by atoms with E-state index < -0.39 is 11.8 Å². The smallest absolute Gasteiger partial charge is 0.337 e. The van der Waals surface area contributed by atoms with Crippen molar-refractivity contribution < 1.29 is 19.1 Å². The van der Waals surface area contributed by atoms with Gasteiger partial charge in [0.25, 0.3) is 5.91 Å². The van der Waals surface area contributed by atoms with Crippen LogP contribution in [0.2, 0.25) is 0 Å². The molecule has 8 nitrogen and oxygen atoms in total. The van der Waals surface area contributed by atoms with Crippen molar-refractivity contribution in [3.05, 3.63) is 71.4 Å². The first-order chi connectivity index (χ1) is 18.4. The van der Waals surface area contributed by atoms with Gasteiger partial charge in [0.05, 0.1) is 17.0 Å². The molecular weight excluding hydrogens is 485 g/mol. The van der Waals surface area contributed by atoms with Gasteiger partial charge < -0.3 is 10.0 Å². The zero-order valence-electron chi connectivity index (χ0n) is 21.1. The molecule has 2 aliphatic rings. The van der Waals surface area contributed by atoms with Crippen molar-refractivity contribution in [2.45, 2.75) is 57.4 Å². The maximum absolute atomic E-state index is 15.3. The number of amides is 1. The Bertz CT molecular complexity index is 1540. The number of carbonyl (C=O) groups excluding carboxylic acids is 1. The number of benzene rings is 1. The molecule has 194 valence electrons. The van der Waals surface area contributed by atoms with E-state index in [0.29, 0.717) is 39.8 Å². The van der Waals surface area contributed by atoms with Crippen LogP contribution in [0.5, 0.6) is 0 Å². The summed E-state index contributed by atoms with van der Waals surface area (Å²) in [5.41, 5.74) is 3.71. The number of hydrogen-bond donors (Lipinski definition) is 1. The molecule has 1 saturated heterocycles. The van der Waals surface area contributed by atoms with Gasteiger partial charge in [-0.1, -0.05) is 18.9 Å². The number of halogens is 1. The van der Waals surface area contributed by atoms with Crippen molar-refractivity contribution in [3.63, 3.8) is 0 Å². The lowest BCUT2D eigenvalue weighted by Crippen LogP contribution is -2.38. The van der Waals surface area contributed by atoms with Gasteiger partial charge in [-0.15, -0.1) is 0 Å². The third-order valence-electron chi connectivity index (χ3n) is 7.53. The molecule has 9 heteroatoms. The minimum absolute atomic E-state index is 0.0523. The monoisotopic (exact) mass is 513 g/mol. The van der Waals surface area contributed by atoms with Gasteiger partial charge in [-0.25, -0.2) is 18.7 Å². The fraction of sp³-hybridized carbons (Fsp3) is 0.345. The summed E-state index contributed by atoms with van der Waals surface area (Å²) in [6, 6.07) is 11.5. The van der Waals surface area contributed by atoms with Crippen LogP contribution in [0.1, 0.15) is 77.9 Å². The predicted molar refractivity (Wildman–Crippen MR) is 140 cm³/mol. The minimum atomic E-state index is -1.07. The predicted octanol–water partition coefficient (Wildman–Crippen LogP) is 5.58. The summed E-state index contributed by atoms with van der Waals surface area (Å²) in [5, 5.41) is 13.8. The van der Waals surface area contributed by atoms with Gasteiger partial charge in [-0.3, -0.25) is 9.78 Å². The molecule has 0 radical (unpaired) electrons. The molecule has 1 N–H and O–H groups in total. The molecular formula is C29H28FN5O3. The van der Waals surface area contributed by atoms with E-state index >= 15 is 4.39 Å². The second kappa shape index (κ2) is 9.63. The summed E-state index contributed by atoms with van der Waals surface area (Å²) in [6.07, 6.45) is 7.56. The molecule has 1 aliphatic heterocycles. The van der Waals surface area contributed by atoms with Crippen molar-refractivity contribution in [2.75, 3.05) is 6.54 Å². The number of nitrogens with zero attached hydrogens (tertiary/aromatic N) is 5. The van der Waals surface area contributed by atoms with Crippen LogP contribution in [0.3, 0.4) is 0 Å². The fourth-order valence-corrected chi connectivity index (χ4v) is 5.21. The summed E-state index contributed by atoms with van der Waals surface area (Å²) >= 11 is 0. The van der Waals surface area contributed by atoms with Gasteiger partial charge in [-0.05, 0) is 62.9 Å². The van der Waals surface area contributed by atoms with E-state index in [2.05, 4.69) is 22.0 Å². The Labute approximate surface area is 219 Å². The Morgan fingerprint density at radius 1 is 1.00 bits per heavy atom. The molecule has 4 aromatic rings. The highest BCUT2D eigenvalue weighted by Gasteiger charge is 2.31. The van der Waals surface area contributed by atoms with Crippen LogP contribution in [0.4, 0.5) is 4.39 Å². The van der Waals surface area contributed by atoms with Gasteiger partial charge in [0, 0.05) is 47.6 Å². The van der Waals surface area contributed by atoms with Crippen molar-refractivity contribution in [1.82, 2.24) is 24.5 Å². The highest BCUT2D eigenvalue weighted by Crippen LogP contribution is 2.41. The van der Waals surface area contributed by atoms with E-state index in [1.807, 2.05) is 11.0 Å². The number of likely N-dealkylation sites (tertiary alicyclic amines) is 1. The average molecular weight is 514 g/mol. The maximum Gasteiger partial charge on any atom is 0.337 e. The SMILES string of the molecule is C[C@@H]1CCCCCN1C(=O)c1cc(C2CC2)n2nc(-c3ccc(-c4ccc(C(=O)O)cn4)cc3F)cc2n1. The van der Waals surface area contributed by atoms with E-state index in [4.69, 9.17) is 5.11 Å². The summed E-state index contributed by atoms with van der Waals surface area (Å²) in [4.78, 5) is 35.3. The van der Waals surface area contributed by atoms with Crippen LogP contribution in [0, 0.1) is 5.82 Å². The summed E-state index contributed by atoms with van der Waals surface area (Å²) in [5.74, 6) is -1.28. The van der Waals surface area contributed by atoms with E-state index in [1.54, 1.807) is 28.8 Å². The average Bonchev–Trinajstić information content (AvgIpc) is 3.71. The quantitative estimate of drug-likeness (QED) is 0.374. The molecule has 1 aliphatic carbocycles. The summed E-state index contributed by atoms with van der Waals surface area (Å²) in [6.45, 7) is 2.84. The lowest BCUT2D eigenvalue weighted by Gasteiger charge is -2.27. The van der Waals surface area contributed by atoms with Crippen LogP contribution in [-0.4, -0.2) is 54.1 Å². The van der Waals surface area contributed by atoms with Gasteiger partial charge in [0.2, 0.25) is 0 Å². The van der Waals surface area contributed by atoms with Gasteiger partial charge in [0.1, 0.15) is 11.5 Å². The first-order valence-corrected chi connectivity index (χ1v) is 13.1. The lowest BCUT2D eigenvalue weighted by atomic mass is 10.1. The molecule has 3 aromatic heterocycles. The highest BCUT2D eigenvalue weighted by molar-refractivity contribution is 5.93. The molecule has 1 amide bonds. The maximum atomic E-state index is 15.3. The van der Waals surface area contributed by atoms with Crippen molar-refractivity contribution >= 4 is 17.5 Å². The molecule has 1 saturated carbocycles. The molecule has 0 spiro atoms. The molecule has 1 aromatic carbocycles. The number of hydrogen-bond acceptors (Lipinski definition) is 5. The van der Waals surface area contributed by atoms with Crippen LogP contribution in [0.15, 0.2) is 48.7 Å². The number of rotatable bonds is 5. The van der Waals surface area contributed by atoms with E-state index in [-0.39, 0.29) is 17.5 Å². The minimum Gasteiger partial charge on any atom is -0.478 e. The molecule has 0 unspecified atom stereocenters. The Balaban J connectivity index is 1.35. The zero-order chi connectivity index (χ0) is 26.4. The highest BCUT2D eigenvalue weighted by atomic mass is 19.1. The van der Waals surface area contributed by atoms with Crippen LogP contribution < -0.4 is 0 Å². The van der Waals surface area contributed by atoms with E-state index in [9.17, 15) is 9.59 Å². The van der Waals surface area contributed by atoms with Gasteiger partial charge >= 0.3 is 5.97 Å². The molecule has 6 rings (SSSR count). The van der Waals surface area contributed by atoms with Crippen molar-refractivity contribution in [3.8, 4) is 22.5 Å². The van der Waals surface area contributed by atoms with Crippen molar-refractivity contribution in [1.29, 1.82) is 0 Å². The molecule has 1 atom stereocenters. The van der Waals surface area contributed by atoms with Gasteiger partial charge in [-0.2, -0.15) is 5.10 Å². The standard InChI is InChI=1S/C29H28FN5O3/c1-17-5-3-2-4-12-34(17)28(36)25-14-26(18-6-7-18)35-27(32-25)15-24(33-35)21-10-8-19(13-22(21)30)23-11-9-20(16-31-23)29(37)38/h8-11,13-18H,2-7,12H2,1H3,(H,37,38)/t17-/m1/s1. The Kier molecular flexibility index (Phi) is 6.13. The lowest BCUT2D eigenvalue weighted by molar-refractivity contribution is 0.0684. The molecule has 4 heterocycles. The number of pyridine rings is 1. The number of fused-ring (bicyclic) bond motifs is 1. The number of carboxylic acid groups (broad SMARTS) is 1. The third-order valence-corrected chi connectivity index (χ3v) is 7.53. The van der Waals surface area contributed by atoms with Crippen LogP contribution >= 0.6 is 0 Å². The fourth-order valence-electron chi connectivity index (χ4n) is 5.21. The number of carbonyl (C=O) groups is 2. The second-order valence-corrected chi connectivity index (χ2v) is 10.3. The Morgan fingerprint density at radius 2 is 1.84 bits per heavy atom. The summed E-state index contributed by atoms with van der Waals surface area (Å²) in [7, 11) is 0. The molecule has 2 fully saturated rings. The molecule has 38 heavy (non-hydrogen) atoms. The summed E-state index contributed by atoms with van der Waals surface area (Å²) < 4.78 is 17.1. The Morgan fingerprint density at radius 3 is 2.55 bits per heavy atom. The Hall–Kier alpha value is -4.14. The number of aromatic nitrogens is 4. The first kappa shape index (κ1) is 24.2. The van der Waals surface area contributed by atoms with Crippen LogP contribution in [0.25, 0.3) is 28.2 Å².